The number of ether oxygens (including phenoxy) is 8. The van der Waals surface area contributed by atoms with E-state index in [1.54, 1.807) is 0 Å². The second-order valence-electron chi connectivity index (χ2n) is 20.7. The molecule has 9 rings (SSSR count). The first-order valence-electron chi connectivity index (χ1n) is 30.1. The van der Waals surface area contributed by atoms with Gasteiger partial charge in [-0.15, -0.1) is 0 Å². The maximum absolute atomic E-state index is 7.06. The molecule has 16 heteroatoms. The van der Waals surface area contributed by atoms with E-state index in [4.69, 9.17) is 62.9 Å². The summed E-state index contributed by atoms with van der Waals surface area (Å²) in [5.41, 5.74) is 2.99. The number of nitrogens with zero attached hydrogens (tertiary/aromatic N) is 5. The Labute approximate surface area is 470 Å². The second-order valence-corrected chi connectivity index (χ2v) is 20.7. The van der Waals surface area contributed by atoms with Crippen LogP contribution in [0.25, 0.3) is 32.3 Å². The third kappa shape index (κ3) is 12.4. The molecule has 2 aliphatic heterocycles. The molecule has 428 valence electrons. The van der Waals surface area contributed by atoms with Crippen LogP contribution < -0.4 is 59.8 Å². The zero-order valence-electron chi connectivity index (χ0n) is 48.7. The molecule has 0 radical (unpaired) electrons. The molecule has 6 aromatic rings. The predicted molar refractivity (Wildman–Crippen MR) is 318 cm³/mol. The molecule has 0 saturated heterocycles. The molecule has 3 aromatic carbocycles. The Morgan fingerprint density at radius 2 is 0.713 bits per heavy atom. The normalized spacial score (nSPS) is 14.8. The average Bonchev–Trinajstić information content (AvgIpc) is 4.41. The van der Waals surface area contributed by atoms with Crippen molar-refractivity contribution in [3.8, 4) is 46.0 Å². The molecule has 0 saturated carbocycles. The number of nitrogens with one attached hydrogen (secondary N) is 3. The molecule has 1 aliphatic carbocycles. The van der Waals surface area contributed by atoms with Crippen molar-refractivity contribution >= 4 is 49.8 Å². The van der Waals surface area contributed by atoms with E-state index in [-0.39, 0.29) is 5.92 Å². The SMILES string of the molecule is CCCCOc1c(OCCCC)c(OCCCC)c2c3[nH]c(c2c1OCCCC)N=c1[nH]c(c2c(OCCCC)c(OCCCC)c(OCCCC)c(OCCCC)c12)=NC1=C2C=CC=CC2C(=N1)N=c1[nH]/c(c2ccccc12)=N\3. The van der Waals surface area contributed by atoms with E-state index in [1.165, 1.54) is 0 Å². The summed E-state index contributed by atoms with van der Waals surface area (Å²) >= 11 is 0. The fraction of sp³-hybridized carbons (Fsp3) is 0.516. The minimum Gasteiger partial charge on any atom is -0.489 e. The molecule has 8 bridgehead atoms. The van der Waals surface area contributed by atoms with Crippen LogP contribution in [0.4, 0.5) is 11.6 Å². The molecule has 1 atom stereocenters. The average molecular weight is 1090 g/mol. The quantitative estimate of drug-likeness (QED) is 0.0349. The lowest BCUT2D eigenvalue weighted by molar-refractivity contribution is 0.225. The number of amidine groups is 1. The first kappa shape index (κ1) is 57.5. The molecule has 80 heavy (non-hydrogen) atoms. The van der Waals surface area contributed by atoms with Crippen LogP contribution in [0.5, 0.6) is 46.0 Å². The third-order valence-corrected chi connectivity index (χ3v) is 14.4. The van der Waals surface area contributed by atoms with Gasteiger partial charge in [-0.2, -0.15) is 0 Å². The van der Waals surface area contributed by atoms with Gasteiger partial charge in [-0.05, 0) is 51.4 Å². The highest BCUT2D eigenvalue weighted by molar-refractivity contribution is 6.11. The van der Waals surface area contributed by atoms with Gasteiger partial charge in [0.15, 0.2) is 28.8 Å². The van der Waals surface area contributed by atoms with Crippen molar-refractivity contribution in [3.05, 3.63) is 81.9 Å². The minimum absolute atomic E-state index is 0.273. The minimum atomic E-state index is -0.273. The summed E-state index contributed by atoms with van der Waals surface area (Å²) in [6.45, 7) is 20.7. The van der Waals surface area contributed by atoms with E-state index < -0.39 is 0 Å². The van der Waals surface area contributed by atoms with Gasteiger partial charge in [0.05, 0.1) is 80.3 Å². The van der Waals surface area contributed by atoms with Crippen LogP contribution in [0.3, 0.4) is 0 Å². The lowest BCUT2D eigenvalue weighted by Gasteiger charge is -2.22. The van der Waals surface area contributed by atoms with Crippen molar-refractivity contribution in [1.29, 1.82) is 0 Å². The van der Waals surface area contributed by atoms with Crippen molar-refractivity contribution < 1.29 is 37.9 Å². The standard InChI is InChI=1S/C64H84N8O8/c1-9-17-33-73-49-45-47(51(75-35-19-11-3)55(79-39-23-15-7)53(49)77-37-21-13-5)63-70-61(45)68-59-43-31-27-25-29-41(43)57(66-59)65-58-42-30-26-28-32-44(42)60(67-58)69-62-46-48(64(71-62)72-63)52(76-36-20-12-4)56(80-40-24-16-8)54(78-38-22-14-6)50(46)74-34-18-10-2/h25-32,41,71H,9-24,33-40H2,1-8H3,(H,68,70,72)(H,65,66,67,69). The Morgan fingerprint density at radius 3 is 1.12 bits per heavy atom. The summed E-state index contributed by atoms with van der Waals surface area (Å²) in [7, 11) is 0. The van der Waals surface area contributed by atoms with Gasteiger partial charge in [0.25, 0.3) is 0 Å². The number of rotatable bonds is 32. The Kier molecular flexibility index (Phi) is 20.3. The molecule has 5 heterocycles. The van der Waals surface area contributed by atoms with Gasteiger partial charge in [0, 0.05) is 16.3 Å². The Bertz CT molecular complexity index is 3490. The van der Waals surface area contributed by atoms with Gasteiger partial charge in [-0.1, -0.05) is 155 Å². The molecule has 1 unspecified atom stereocenters. The molecular formula is C64H84N8O8. The maximum Gasteiger partial charge on any atom is 0.208 e. The van der Waals surface area contributed by atoms with Crippen LogP contribution in [0.1, 0.15) is 158 Å². The van der Waals surface area contributed by atoms with Crippen LogP contribution >= 0.6 is 0 Å². The van der Waals surface area contributed by atoms with E-state index in [9.17, 15) is 0 Å². The Morgan fingerprint density at radius 1 is 0.362 bits per heavy atom. The number of hydrogen-bond acceptors (Lipinski definition) is 13. The summed E-state index contributed by atoms with van der Waals surface area (Å²) < 4.78 is 55.8. The van der Waals surface area contributed by atoms with Crippen LogP contribution in [0.2, 0.25) is 0 Å². The lowest BCUT2D eigenvalue weighted by Crippen LogP contribution is -2.17. The van der Waals surface area contributed by atoms with Crippen LogP contribution in [0.15, 0.2) is 84.9 Å². The highest BCUT2D eigenvalue weighted by atomic mass is 16.6. The lowest BCUT2D eigenvalue weighted by atomic mass is 9.95. The van der Waals surface area contributed by atoms with Gasteiger partial charge in [0.1, 0.15) is 39.4 Å². The topological polar surface area (TPSA) is 183 Å². The highest BCUT2D eigenvalue weighted by Crippen LogP contribution is 2.57. The van der Waals surface area contributed by atoms with Crippen molar-refractivity contribution in [1.82, 2.24) is 15.0 Å². The van der Waals surface area contributed by atoms with Crippen LogP contribution in [0, 0.1) is 5.92 Å². The molecule has 3 aliphatic rings. The zero-order valence-corrected chi connectivity index (χ0v) is 48.7. The number of unbranched alkanes of at least 4 members (excludes halogenated alkanes) is 8. The van der Waals surface area contributed by atoms with Gasteiger partial charge >= 0.3 is 0 Å². The van der Waals surface area contributed by atoms with E-state index in [2.05, 4.69) is 94.6 Å². The zero-order chi connectivity index (χ0) is 55.8. The number of aromatic amines is 3. The summed E-state index contributed by atoms with van der Waals surface area (Å²) in [5, 5.41) is 4.26. The molecule has 0 fully saturated rings. The van der Waals surface area contributed by atoms with Crippen molar-refractivity contribution in [2.75, 3.05) is 52.9 Å². The van der Waals surface area contributed by atoms with E-state index in [0.717, 1.165) is 119 Å². The number of aliphatic imine (C=N–C) groups is 1. The number of hydrogen-bond donors (Lipinski definition) is 3. The number of allylic oxidation sites excluding steroid dienone is 3. The second kappa shape index (κ2) is 28.3. The van der Waals surface area contributed by atoms with Gasteiger partial charge in [-0.25, -0.2) is 25.0 Å². The summed E-state index contributed by atoms with van der Waals surface area (Å²) in [6, 6.07) is 8.15. The summed E-state index contributed by atoms with van der Waals surface area (Å²) in [6.07, 6.45) is 22.1. The van der Waals surface area contributed by atoms with E-state index in [1.807, 2.05) is 24.3 Å². The molecule has 16 nitrogen and oxygen atoms in total. The van der Waals surface area contributed by atoms with Crippen molar-refractivity contribution in [2.45, 2.75) is 158 Å². The summed E-state index contributed by atoms with van der Waals surface area (Å²) in [5.74, 6) is 5.58. The van der Waals surface area contributed by atoms with Crippen molar-refractivity contribution in [2.24, 2.45) is 30.9 Å². The fourth-order valence-corrected chi connectivity index (χ4v) is 9.83. The molecular weight excluding hydrogens is 1010 g/mol. The Hall–Kier alpha value is -7.23. The third-order valence-electron chi connectivity index (χ3n) is 14.4. The van der Waals surface area contributed by atoms with Gasteiger partial charge in [-0.3, -0.25) is 0 Å². The van der Waals surface area contributed by atoms with E-state index >= 15 is 0 Å². The van der Waals surface area contributed by atoms with Crippen LogP contribution in [-0.2, 0) is 0 Å². The molecule has 0 spiro atoms. The smallest absolute Gasteiger partial charge is 0.208 e. The largest absolute Gasteiger partial charge is 0.489 e. The predicted octanol–water partition coefficient (Wildman–Crippen LogP) is 14.1. The van der Waals surface area contributed by atoms with Crippen molar-refractivity contribution in [3.63, 3.8) is 0 Å². The molecule has 3 N–H and O–H groups in total. The fourth-order valence-electron chi connectivity index (χ4n) is 9.83. The van der Waals surface area contributed by atoms with Gasteiger partial charge in [0.2, 0.25) is 23.0 Å². The summed E-state index contributed by atoms with van der Waals surface area (Å²) in [4.78, 5) is 38.6. The van der Waals surface area contributed by atoms with Crippen LogP contribution in [-0.4, -0.2) is 73.6 Å². The number of fused-ring (bicyclic) bond motifs is 18. The first-order chi connectivity index (χ1) is 39.4. The first-order valence-corrected chi connectivity index (χ1v) is 30.1. The number of aromatic nitrogens is 3. The van der Waals surface area contributed by atoms with E-state index in [0.29, 0.717) is 166 Å². The highest BCUT2D eigenvalue weighted by Gasteiger charge is 2.34. The molecule has 3 aromatic heterocycles. The maximum atomic E-state index is 7.06. The Balaban J connectivity index is 1.53. The van der Waals surface area contributed by atoms with Gasteiger partial charge < -0.3 is 52.8 Å². The monoisotopic (exact) mass is 1090 g/mol. The number of benzene rings is 3. The number of H-pyrrole nitrogens is 3. The molecule has 0 amide bonds.